The summed E-state index contributed by atoms with van der Waals surface area (Å²) in [6.45, 7) is 2.54. The molecule has 2 rings (SSSR count). The fraction of sp³-hybridized carbons (Fsp3) is 0.533. The summed E-state index contributed by atoms with van der Waals surface area (Å²) in [5.74, 6) is 0.202. The molecule has 1 fully saturated rings. The normalized spacial score (nSPS) is 16.5. The average molecular weight is 248 g/mol. The SMILES string of the molecule is Cc1cccc(C(=O)O)c1OCC1CCCCC1. The van der Waals surface area contributed by atoms with Gasteiger partial charge in [-0.3, -0.25) is 0 Å². The minimum Gasteiger partial charge on any atom is -0.492 e. The highest BCUT2D eigenvalue weighted by Crippen LogP contribution is 2.27. The van der Waals surface area contributed by atoms with Gasteiger partial charge in [0.2, 0.25) is 0 Å². The van der Waals surface area contributed by atoms with Crippen molar-refractivity contribution in [3.05, 3.63) is 29.3 Å². The zero-order valence-electron chi connectivity index (χ0n) is 10.8. The number of carbonyl (C=O) groups is 1. The predicted molar refractivity (Wildman–Crippen MR) is 70.2 cm³/mol. The lowest BCUT2D eigenvalue weighted by atomic mass is 9.90. The van der Waals surface area contributed by atoms with Gasteiger partial charge in [-0.15, -0.1) is 0 Å². The van der Waals surface area contributed by atoms with Crippen molar-refractivity contribution in [3.8, 4) is 5.75 Å². The second-order valence-corrected chi connectivity index (χ2v) is 5.07. The van der Waals surface area contributed by atoms with Gasteiger partial charge in [-0.05, 0) is 37.3 Å². The summed E-state index contributed by atoms with van der Waals surface area (Å²) in [7, 11) is 0. The van der Waals surface area contributed by atoms with Gasteiger partial charge in [-0.2, -0.15) is 0 Å². The molecular formula is C15H20O3. The molecule has 0 radical (unpaired) electrons. The van der Waals surface area contributed by atoms with Crippen molar-refractivity contribution in [1.82, 2.24) is 0 Å². The molecule has 3 nitrogen and oxygen atoms in total. The summed E-state index contributed by atoms with van der Waals surface area (Å²) >= 11 is 0. The van der Waals surface area contributed by atoms with Crippen LogP contribution in [0.15, 0.2) is 18.2 Å². The Labute approximate surface area is 108 Å². The van der Waals surface area contributed by atoms with Crippen LogP contribution in [0.5, 0.6) is 5.75 Å². The van der Waals surface area contributed by atoms with Crippen molar-refractivity contribution < 1.29 is 14.6 Å². The first kappa shape index (κ1) is 12.9. The summed E-state index contributed by atoms with van der Waals surface area (Å²) in [6, 6.07) is 5.25. The summed E-state index contributed by atoms with van der Waals surface area (Å²) in [5.41, 5.74) is 1.16. The molecule has 98 valence electrons. The Morgan fingerprint density at radius 3 is 2.72 bits per heavy atom. The van der Waals surface area contributed by atoms with E-state index in [0.29, 0.717) is 18.3 Å². The highest BCUT2D eigenvalue weighted by Gasteiger charge is 2.17. The van der Waals surface area contributed by atoms with Crippen LogP contribution in [0.4, 0.5) is 0 Å². The minimum absolute atomic E-state index is 0.269. The second kappa shape index (κ2) is 5.89. The molecule has 18 heavy (non-hydrogen) atoms. The average Bonchev–Trinajstić information content (AvgIpc) is 2.38. The summed E-state index contributed by atoms with van der Waals surface area (Å²) in [5, 5.41) is 9.15. The maximum absolute atomic E-state index is 11.1. The van der Waals surface area contributed by atoms with Crippen molar-refractivity contribution in [1.29, 1.82) is 0 Å². The van der Waals surface area contributed by atoms with Crippen LogP contribution in [0.2, 0.25) is 0 Å². The smallest absolute Gasteiger partial charge is 0.339 e. The van der Waals surface area contributed by atoms with E-state index in [9.17, 15) is 4.79 Å². The molecular weight excluding hydrogens is 228 g/mol. The Balaban J connectivity index is 2.05. The lowest BCUT2D eigenvalue weighted by Crippen LogP contribution is -2.16. The number of carboxylic acids is 1. The fourth-order valence-corrected chi connectivity index (χ4v) is 2.57. The van der Waals surface area contributed by atoms with E-state index < -0.39 is 5.97 Å². The van der Waals surface area contributed by atoms with Crippen LogP contribution in [-0.2, 0) is 0 Å². The number of aromatic carboxylic acids is 1. The van der Waals surface area contributed by atoms with Crippen LogP contribution >= 0.6 is 0 Å². The van der Waals surface area contributed by atoms with Gasteiger partial charge in [-0.1, -0.05) is 31.4 Å². The van der Waals surface area contributed by atoms with E-state index in [2.05, 4.69) is 0 Å². The molecule has 1 N–H and O–H groups in total. The molecule has 0 unspecified atom stereocenters. The topological polar surface area (TPSA) is 46.5 Å². The number of rotatable bonds is 4. The maximum Gasteiger partial charge on any atom is 0.339 e. The van der Waals surface area contributed by atoms with Gasteiger partial charge in [0.1, 0.15) is 11.3 Å². The van der Waals surface area contributed by atoms with Crippen LogP contribution in [0.1, 0.15) is 48.0 Å². The largest absolute Gasteiger partial charge is 0.492 e. The van der Waals surface area contributed by atoms with Crippen LogP contribution in [0.25, 0.3) is 0 Å². The van der Waals surface area contributed by atoms with Gasteiger partial charge in [0.05, 0.1) is 6.61 Å². The minimum atomic E-state index is -0.919. The van der Waals surface area contributed by atoms with Crippen molar-refractivity contribution in [2.45, 2.75) is 39.0 Å². The summed E-state index contributed by atoms with van der Waals surface area (Å²) in [4.78, 5) is 11.1. The molecule has 0 bridgehead atoms. The lowest BCUT2D eigenvalue weighted by molar-refractivity contribution is 0.0690. The number of carboxylic acid groups (broad SMARTS) is 1. The van der Waals surface area contributed by atoms with Crippen molar-refractivity contribution in [3.63, 3.8) is 0 Å². The van der Waals surface area contributed by atoms with Gasteiger partial charge in [0.15, 0.2) is 0 Å². The highest BCUT2D eigenvalue weighted by atomic mass is 16.5. The molecule has 0 atom stereocenters. The van der Waals surface area contributed by atoms with E-state index in [4.69, 9.17) is 9.84 Å². The van der Waals surface area contributed by atoms with Gasteiger partial charge < -0.3 is 9.84 Å². The number of benzene rings is 1. The van der Waals surface area contributed by atoms with E-state index in [1.54, 1.807) is 12.1 Å². The number of para-hydroxylation sites is 1. The Bertz CT molecular complexity index is 420. The Hall–Kier alpha value is -1.51. The lowest BCUT2D eigenvalue weighted by Gasteiger charge is -2.22. The fourth-order valence-electron chi connectivity index (χ4n) is 2.57. The van der Waals surface area contributed by atoms with E-state index in [0.717, 1.165) is 5.56 Å². The van der Waals surface area contributed by atoms with Gasteiger partial charge >= 0.3 is 5.97 Å². The van der Waals surface area contributed by atoms with Gasteiger partial charge in [-0.25, -0.2) is 4.79 Å². The van der Waals surface area contributed by atoms with E-state index in [1.807, 2.05) is 13.0 Å². The van der Waals surface area contributed by atoms with Crippen LogP contribution in [-0.4, -0.2) is 17.7 Å². The number of ether oxygens (including phenoxy) is 1. The number of hydrogen-bond acceptors (Lipinski definition) is 2. The second-order valence-electron chi connectivity index (χ2n) is 5.07. The first-order valence-corrected chi connectivity index (χ1v) is 6.64. The summed E-state index contributed by atoms with van der Waals surface area (Å²) < 4.78 is 5.79. The van der Waals surface area contributed by atoms with E-state index in [-0.39, 0.29) is 5.56 Å². The molecule has 0 saturated heterocycles. The third kappa shape index (κ3) is 3.03. The molecule has 1 aromatic carbocycles. The van der Waals surface area contributed by atoms with E-state index in [1.165, 1.54) is 32.1 Å². The molecule has 1 aliphatic carbocycles. The highest BCUT2D eigenvalue weighted by molar-refractivity contribution is 5.91. The Morgan fingerprint density at radius 1 is 1.33 bits per heavy atom. The molecule has 0 spiro atoms. The molecule has 1 aliphatic rings. The molecule has 0 amide bonds. The number of aryl methyl sites for hydroxylation is 1. The molecule has 1 saturated carbocycles. The first-order valence-electron chi connectivity index (χ1n) is 6.64. The molecule has 1 aromatic rings. The van der Waals surface area contributed by atoms with Crippen LogP contribution in [0, 0.1) is 12.8 Å². The third-order valence-corrected chi connectivity index (χ3v) is 3.63. The zero-order valence-corrected chi connectivity index (χ0v) is 10.8. The Kier molecular flexibility index (Phi) is 4.24. The molecule has 0 heterocycles. The Morgan fingerprint density at radius 2 is 2.06 bits per heavy atom. The van der Waals surface area contributed by atoms with Crippen LogP contribution < -0.4 is 4.74 Å². The standard InChI is InChI=1S/C15H20O3/c1-11-6-5-9-13(15(16)17)14(11)18-10-12-7-3-2-4-8-12/h5-6,9,12H,2-4,7-8,10H2,1H3,(H,16,17). The summed E-state index contributed by atoms with van der Waals surface area (Å²) in [6.07, 6.45) is 6.27. The zero-order chi connectivity index (χ0) is 13.0. The van der Waals surface area contributed by atoms with Crippen molar-refractivity contribution in [2.24, 2.45) is 5.92 Å². The van der Waals surface area contributed by atoms with Gasteiger partial charge in [0, 0.05) is 0 Å². The van der Waals surface area contributed by atoms with Crippen LogP contribution in [0.3, 0.4) is 0 Å². The van der Waals surface area contributed by atoms with Gasteiger partial charge in [0.25, 0.3) is 0 Å². The third-order valence-electron chi connectivity index (χ3n) is 3.63. The monoisotopic (exact) mass is 248 g/mol. The van der Waals surface area contributed by atoms with E-state index >= 15 is 0 Å². The molecule has 3 heteroatoms. The molecule has 0 aliphatic heterocycles. The molecule has 0 aromatic heterocycles. The number of hydrogen-bond donors (Lipinski definition) is 1. The maximum atomic E-state index is 11.1. The van der Waals surface area contributed by atoms with Crippen molar-refractivity contribution >= 4 is 5.97 Å². The predicted octanol–water partition coefficient (Wildman–Crippen LogP) is 3.65. The van der Waals surface area contributed by atoms with Crippen molar-refractivity contribution in [2.75, 3.05) is 6.61 Å². The quantitative estimate of drug-likeness (QED) is 0.884. The first-order chi connectivity index (χ1) is 8.68.